The lowest BCUT2D eigenvalue weighted by Gasteiger charge is -2.00. The van der Waals surface area contributed by atoms with Crippen LogP contribution in [-0.4, -0.2) is 16.7 Å². The lowest BCUT2D eigenvalue weighted by molar-refractivity contribution is 0.274. The van der Waals surface area contributed by atoms with E-state index in [0.29, 0.717) is 11.8 Å². The first kappa shape index (κ1) is 15.4. The zero-order chi connectivity index (χ0) is 16.4. The fourth-order valence-corrected chi connectivity index (χ4v) is 3.50. The summed E-state index contributed by atoms with van der Waals surface area (Å²) in [7, 11) is 0. The van der Waals surface area contributed by atoms with Crippen molar-refractivity contribution in [3.63, 3.8) is 0 Å². The van der Waals surface area contributed by atoms with Crippen LogP contribution >= 0.6 is 0 Å². The van der Waals surface area contributed by atoms with E-state index in [1.165, 1.54) is 11.1 Å². The van der Waals surface area contributed by atoms with Gasteiger partial charge in [0, 0.05) is 18.6 Å². The Morgan fingerprint density at radius 1 is 1.00 bits per heavy atom. The molecule has 2 atom stereocenters. The molecule has 1 saturated carbocycles. The number of aliphatic hydroxyl groups is 1. The Kier molecular flexibility index (Phi) is 4.35. The smallest absolute Gasteiger partial charge is 0.195 e. The van der Waals surface area contributed by atoms with Crippen molar-refractivity contribution in [2.24, 2.45) is 5.92 Å². The number of unbranched alkanes of at least 4 members (excludes halogenated alkanes) is 1. The average molecular weight is 321 g/mol. The van der Waals surface area contributed by atoms with E-state index in [2.05, 4.69) is 41.4 Å². The van der Waals surface area contributed by atoms with Gasteiger partial charge >= 0.3 is 0 Å². The van der Waals surface area contributed by atoms with Crippen molar-refractivity contribution in [3.8, 4) is 0 Å². The van der Waals surface area contributed by atoms with Crippen molar-refractivity contribution in [1.29, 1.82) is 0 Å². The molecule has 0 aliphatic heterocycles. The molecular formula is C21H23NO2. The topological polar surface area (TPSA) is 46.3 Å². The van der Waals surface area contributed by atoms with Crippen LogP contribution in [0.15, 0.2) is 52.9 Å². The maximum absolute atomic E-state index is 9.31. The minimum absolute atomic E-state index is 0.265. The van der Waals surface area contributed by atoms with Gasteiger partial charge in [-0.25, -0.2) is 4.98 Å². The zero-order valence-electron chi connectivity index (χ0n) is 13.8. The van der Waals surface area contributed by atoms with Crippen molar-refractivity contribution >= 4 is 11.1 Å². The largest absolute Gasteiger partial charge is 0.440 e. The van der Waals surface area contributed by atoms with Crippen LogP contribution in [0, 0.1) is 5.92 Å². The predicted octanol–water partition coefficient (Wildman–Crippen LogP) is 4.49. The maximum Gasteiger partial charge on any atom is 0.195 e. The summed E-state index contributed by atoms with van der Waals surface area (Å²) < 4.78 is 6.05. The predicted molar refractivity (Wildman–Crippen MR) is 95.0 cm³/mol. The van der Waals surface area contributed by atoms with Gasteiger partial charge in [0.25, 0.3) is 0 Å². The molecule has 1 heterocycles. The van der Waals surface area contributed by atoms with Crippen LogP contribution in [-0.2, 0) is 12.8 Å². The number of aryl methyl sites for hydroxylation is 2. The monoisotopic (exact) mass is 321 g/mol. The van der Waals surface area contributed by atoms with Crippen LogP contribution < -0.4 is 0 Å². The summed E-state index contributed by atoms with van der Waals surface area (Å²) in [4.78, 5) is 4.65. The third-order valence-corrected chi connectivity index (χ3v) is 5.00. The lowest BCUT2D eigenvalue weighted by Crippen LogP contribution is -1.89. The summed E-state index contributed by atoms with van der Waals surface area (Å²) in [6.07, 6.45) is 5.27. The molecule has 2 aromatic carbocycles. The molecule has 3 nitrogen and oxygen atoms in total. The van der Waals surface area contributed by atoms with Crippen LogP contribution in [0.2, 0.25) is 0 Å². The van der Waals surface area contributed by atoms with E-state index >= 15 is 0 Å². The van der Waals surface area contributed by atoms with Crippen molar-refractivity contribution < 1.29 is 9.52 Å². The molecule has 4 rings (SSSR count). The number of fused-ring (bicyclic) bond motifs is 1. The number of rotatable bonds is 7. The summed E-state index contributed by atoms with van der Waals surface area (Å²) >= 11 is 0. The first-order valence-electron chi connectivity index (χ1n) is 8.88. The van der Waals surface area contributed by atoms with Gasteiger partial charge in [-0.15, -0.1) is 0 Å². The molecule has 0 bridgehead atoms. The molecular weight excluding hydrogens is 298 g/mol. The molecule has 0 spiro atoms. The summed E-state index contributed by atoms with van der Waals surface area (Å²) in [5, 5.41) is 9.31. The number of aromatic nitrogens is 1. The fraction of sp³-hybridized carbons (Fsp3) is 0.381. The number of hydrogen-bond acceptors (Lipinski definition) is 3. The van der Waals surface area contributed by atoms with Crippen molar-refractivity contribution in [3.05, 3.63) is 65.5 Å². The van der Waals surface area contributed by atoms with E-state index in [9.17, 15) is 5.11 Å². The molecule has 0 unspecified atom stereocenters. The van der Waals surface area contributed by atoms with Gasteiger partial charge in [-0.1, -0.05) is 42.5 Å². The molecule has 3 aromatic rings. The Labute approximate surface area is 142 Å². The van der Waals surface area contributed by atoms with Crippen LogP contribution in [0.5, 0.6) is 0 Å². The Balaban J connectivity index is 1.39. The Bertz CT molecular complexity index is 809. The molecule has 1 fully saturated rings. The van der Waals surface area contributed by atoms with Gasteiger partial charge in [-0.05, 0) is 49.1 Å². The third kappa shape index (κ3) is 3.22. The van der Waals surface area contributed by atoms with E-state index in [1.807, 2.05) is 12.1 Å². The van der Waals surface area contributed by atoms with Gasteiger partial charge in [0.15, 0.2) is 11.5 Å². The van der Waals surface area contributed by atoms with E-state index < -0.39 is 0 Å². The molecule has 124 valence electrons. The van der Waals surface area contributed by atoms with Gasteiger partial charge < -0.3 is 9.52 Å². The van der Waals surface area contributed by atoms with Crippen LogP contribution in [0.25, 0.3) is 11.1 Å². The normalized spacial score (nSPS) is 19.7. The highest BCUT2D eigenvalue weighted by molar-refractivity contribution is 5.77. The minimum Gasteiger partial charge on any atom is -0.440 e. The van der Waals surface area contributed by atoms with E-state index in [0.717, 1.165) is 49.1 Å². The van der Waals surface area contributed by atoms with Crippen molar-refractivity contribution in [1.82, 2.24) is 4.98 Å². The fourth-order valence-electron chi connectivity index (χ4n) is 3.50. The quantitative estimate of drug-likeness (QED) is 0.652. The molecule has 1 aliphatic rings. The van der Waals surface area contributed by atoms with Gasteiger partial charge in [0.2, 0.25) is 0 Å². The second kappa shape index (κ2) is 6.78. The van der Waals surface area contributed by atoms with Gasteiger partial charge in [0.1, 0.15) is 5.52 Å². The molecule has 24 heavy (non-hydrogen) atoms. The van der Waals surface area contributed by atoms with E-state index in [1.54, 1.807) is 0 Å². The second-order valence-corrected chi connectivity index (χ2v) is 6.78. The van der Waals surface area contributed by atoms with Crippen LogP contribution in [0.3, 0.4) is 0 Å². The molecule has 1 N–H and O–H groups in total. The molecule has 3 heteroatoms. The molecule has 1 aliphatic carbocycles. The highest BCUT2D eigenvalue weighted by Gasteiger charge is 2.39. The third-order valence-electron chi connectivity index (χ3n) is 5.00. The molecule has 1 aromatic heterocycles. The van der Waals surface area contributed by atoms with Crippen LogP contribution in [0.1, 0.15) is 42.2 Å². The number of para-hydroxylation sites is 1. The SMILES string of the molecule is OC[C@@H]1C[C@H]1c1cccc2nc(CCCCc3ccccc3)oc12. The number of nitrogens with zero attached hydrogens (tertiary/aromatic N) is 1. The Hall–Kier alpha value is -2.13. The summed E-state index contributed by atoms with van der Waals surface area (Å²) in [6, 6.07) is 16.8. The van der Waals surface area contributed by atoms with E-state index in [4.69, 9.17) is 4.42 Å². The number of aliphatic hydroxyl groups excluding tert-OH is 1. The standard InChI is InChI=1S/C21H23NO2/c23-14-16-13-18(16)17-10-6-11-19-21(17)24-20(22-19)12-5-4-9-15-7-2-1-3-8-15/h1-3,6-8,10-11,16,18,23H,4-5,9,12-14H2/t16-,18+/m0/s1. The first-order chi connectivity index (χ1) is 11.8. The van der Waals surface area contributed by atoms with Crippen molar-refractivity contribution in [2.45, 2.75) is 38.0 Å². The van der Waals surface area contributed by atoms with Gasteiger partial charge in [0.05, 0.1) is 0 Å². The molecule has 0 saturated heterocycles. The van der Waals surface area contributed by atoms with E-state index in [-0.39, 0.29) is 6.61 Å². The highest BCUT2D eigenvalue weighted by Crippen LogP contribution is 2.49. The Morgan fingerprint density at radius 3 is 2.62 bits per heavy atom. The Morgan fingerprint density at radius 2 is 1.83 bits per heavy atom. The number of hydrogen-bond donors (Lipinski definition) is 1. The summed E-state index contributed by atoms with van der Waals surface area (Å²) in [5.74, 6) is 1.68. The summed E-state index contributed by atoms with van der Waals surface area (Å²) in [5.41, 5.74) is 4.49. The highest BCUT2D eigenvalue weighted by atomic mass is 16.3. The molecule has 0 amide bonds. The number of benzene rings is 2. The van der Waals surface area contributed by atoms with Crippen LogP contribution in [0.4, 0.5) is 0 Å². The van der Waals surface area contributed by atoms with Gasteiger partial charge in [-0.3, -0.25) is 0 Å². The molecule has 0 radical (unpaired) electrons. The second-order valence-electron chi connectivity index (χ2n) is 6.78. The zero-order valence-corrected chi connectivity index (χ0v) is 13.8. The average Bonchev–Trinajstić information content (AvgIpc) is 3.29. The summed E-state index contributed by atoms with van der Waals surface area (Å²) in [6.45, 7) is 0.265. The maximum atomic E-state index is 9.31. The van der Waals surface area contributed by atoms with Gasteiger partial charge in [-0.2, -0.15) is 0 Å². The number of oxazole rings is 1. The van der Waals surface area contributed by atoms with Crippen molar-refractivity contribution in [2.75, 3.05) is 6.61 Å². The lowest BCUT2D eigenvalue weighted by atomic mass is 10.1. The minimum atomic E-state index is 0.265. The first-order valence-corrected chi connectivity index (χ1v) is 8.88.